The molecule has 0 aliphatic heterocycles. The Morgan fingerprint density at radius 3 is 2.81 bits per heavy atom. The van der Waals surface area contributed by atoms with Crippen molar-refractivity contribution in [2.45, 2.75) is 13.5 Å². The minimum absolute atomic E-state index is 0.363. The van der Waals surface area contributed by atoms with Crippen molar-refractivity contribution in [3.63, 3.8) is 0 Å². The first kappa shape index (κ1) is 13.0. The molecule has 0 saturated heterocycles. The third-order valence-corrected chi connectivity index (χ3v) is 3.25. The van der Waals surface area contributed by atoms with Crippen LogP contribution in [0.15, 0.2) is 47.7 Å². The number of aryl methyl sites for hydroxylation is 1. The number of nitro groups is 1. The largest absolute Gasteiger partial charge is 0.342 e. The monoisotopic (exact) mass is 284 g/mol. The van der Waals surface area contributed by atoms with E-state index >= 15 is 0 Å². The van der Waals surface area contributed by atoms with Crippen LogP contribution in [-0.4, -0.2) is 18.9 Å². The number of aromatic nitrogens is 3. The predicted octanol–water partition coefficient (Wildman–Crippen LogP) is 1.76. The number of hydrogen-bond donors (Lipinski definition) is 0. The zero-order chi connectivity index (χ0) is 15.0. The van der Waals surface area contributed by atoms with Gasteiger partial charge in [0.05, 0.1) is 23.4 Å². The van der Waals surface area contributed by atoms with Gasteiger partial charge in [0.25, 0.3) is 5.43 Å². The average molecular weight is 284 g/mol. The first-order valence-corrected chi connectivity index (χ1v) is 6.33. The van der Waals surface area contributed by atoms with Gasteiger partial charge in [0.2, 0.25) is 0 Å². The highest BCUT2D eigenvalue weighted by molar-refractivity contribution is 5.41. The van der Waals surface area contributed by atoms with Crippen LogP contribution in [-0.2, 0) is 6.54 Å². The normalized spacial score (nSPS) is 10.9. The second-order valence-corrected chi connectivity index (χ2v) is 4.75. The van der Waals surface area contributed by atoms with Crippen LogP contribution in [0.1, 0.15) is 11.4 Å². The van der Waals surface area contributed by atoms with Crippen LogP contribution < -0.4 is 5.43 Å². The molecular formula is C14H12N4O3. The summed E-state index contributed by atoms with van der Waals surface area (Å²) in [5, 5.41) is 10.8. The standard InChI is InChI=1S/C14H12N4O3/c1-10-3-2-4-14-15-11(8-17(10)14)7-16-6-5-13(19)12(9-16)18(20)21/h2-6,8-9H,7H2,1H3. The minimum atomic E-state index is -0.674. The van der Waals surface area contributed by atoms with Crippen LogP contribution in [0.3, 0.4) is 0 Å². The first-order chi connectivity index (χ1) is 10.0. The van der Waals surface area contributed by atoms with Gasteiger partial charge in [-0.3, -0.25) is 14.9 Å². The summed E-state index contributed by atoms with van der Waals surface area (Å²) in [6, 6.07) is 6.98. The van der Waals surface area contributed by atoms with Gasteiger partial charge in [0.15, 0.2) is 0 Å². The van der Waals surface area contributed by atoms with Gasteiger partial charge in [0.1, 0.15) is 5.65 Å². The number of imidazole rings is 1. The van der Waals surface area contributed by atoms with Crippen molar-refractivity contribution in [1.29, 1.82) is 0 Å². The van der Waals surface area contributed by atoms with Gasteiger partial charge in [0, 0.05) is 24.2 Å². The highest BCUT2D eigenvalue weighted by atomic mass is 16.6. The lowest BCUT2D eigenvalue weighted by molar-refractivity contribution is -0.386. The zero-order valence-corrected chi connectivity index (χ0v) is 11.3. The highest BCUT2D eigenvalue weighted by Crippen LogP contribution is 2.10. The third-order valence-electron chi connectivity index (χ3n) is 3.25. The predicted molar refractivity (Wildman–Crippen MR) is 76.4 cm³/mol. The maximum Gasteiger partial charge on any atom is 0.332 e. The molecule has 106 valence electrons. The molecule has 0 unspecified atom stereocenters. The van der Waals surface area contributed by atoms with E-state index in [-0.39, 0.29) is 0 Å². The van der Waals surface area contributed by atoms with Crippen LogP contribution in [0.4, 0.5) is 5.69 Å². The Kier molecular flexibility index (Phi) is 3.02. The Hall–Kier alpha value is -2.96. The molecular weight excluding hydrogens is 272 g/mol. The highest BCUT2D eigenvalue weighted by Gasteiger charge is 2.12. The molecule has 0 radical (unpaired) electrons. The van der Waals surface area contributed by atoms with Gasteiger partial charge in [-0.25, -0.2) is 4.98 Å². The molecule has 0 amide bonds. The molecule has 3 rings (SSSR count). The number of nitrogens with zero attached hydrogens (tertiary/aromatic N) is 4. The maximum absolute atomic E-state index is 11.4. The average Bonchev–Trinajstić information content (AvgIpc) is 2.85. The van der Waals surface area contributed by atoms with E-state index in [0.29, 0.717) is 6.54 Å². The van der Waals surface area contributed by atoms with Gasteiger partial charge in [-0.05, 0) is 19.1 Å². The molecule has 3 aromatic heterocycles. The Bertz CT molecular complexity index is 895. The number of pyridine rings is 2. The summed E-state index contributed by atoms with van der Waals surface area (Å²) in [6.07, 6.45) is 4.64. The van der Waals surface area contributed by atoms with Crippen molar-refractivity contribution in [3.05, 3.63) is 74.6 Å². The number of fused-ring (bicyclic) bond motifs is 1. The van der Waals surface area contributed by atoms with Crippen LogP contribution in [0, 0.1) is 17.0 Å². The van der Waals surface area contributed by atoms with E-state index in [1.807, 2.05) is 35.7 Å². The van der Waals surface area contributed by atoms with Crippen molar-refractivity contribution in [2.24, 2.45) is 0 Å². The Balaban J connectivity index is 1.99. The van der Waals surface area contributed by atoms with Crippen molar-refractivity contribution in [1.82, 2.24) is 14.0 Å². The Labute approximate surface area is 119 Å². The summed E-state index contributed by atoms with van der Waals surface area (Å²) in [5.74, 6) is 0. The number of rotatable bonds is 3. The van der Waals surface area contributed by atoms with Crippen LogP contribution in [0.2, 0.25) is 0 Å². The fraction of sp³-hybridized carbons (Fsp3) is 0.143. The van der Waals surface area contributed by atoms with E-state index in [0.717, 1.165) is 17.0 Å². The van der Waals surface area contributed by atoms with Crippen molar-refractivity contribution >= 4 is 11.3 Å². The summed E-state index contributed by atoms with van der Waals surface area (Å²) in [7, 11) is 0. The molecule has 0 N–H and O–H groups in total. The van der Waals surface area contributed by atoms with Crippen LogP contribution >= 0.6 is 0 Å². The van der Waals surface area contributed by atoms with Gasteiger partial charge >= 0.3 is 5.69 Å². The van der Waals surface area contributed by atoms with Crippen molar-refractivity contribution < 1.29 is 4.92 Å². The van der Waals surface area contributed by atoms with Gasteiger partial charge < -0.3 is 8.97 Å². The topological polar surface area (TPSA) is 82.4 Å². The molecule has 0 spiro atoms. The van der Waals surface area contributed by atoms with E-state index in [1.165, 1.54) is 18.5 Å². The van der Waals surface area contributed by atoms with E-state index < -0.39 is 16.0 Å². The molecule has 7 nitrogen and oxygen atoms in total. The molecule has 0 aliphatic rings. The second kappa shape index (κ2) is 4.86. The molecule has 0 aromatic carbocycles. The molecule has 0 atom stereocenters. The van der Waals surface area contributed by atoms with E-state index in [2.05, 4.69) is 4.98 Å². The van der Waals surface area contributed by atoms with Crippen molar-refractivity contribution in [3.8, 4) is 0 Å². The molecule has 0 saturated carbocycles. The third kappa shape index (κ3) is 2.40. The lowest BCUT2D eigenvalue weighted by Gasteiger charge is -2.02. The van der Waals surface area contributed by atoms with E-state index in [4.69, 9.17) is 0 Å². The summed E-state index contributed by atoms with van der Waals surface area (Å²) in [6.45, 7) is 2.34. The quantitative estimate of drug-likeness (QED) is 0.542. The lowest BCUT2D eigenvalue weighted by atomic mass is 10.3. The minimum Gasteiger partial charge on any atom is -0.342 e. The van der Waals surface area contributed by atoms with Crippen molar-refractivity contribution in [2.75, 3.05) is 0 Å². The maximum atomic E-state index is 11.4. The van der Waals surface area contributed by atoms with Gasteiger partial charge in [-0.15, -0.1) is 0 Å². The SMILES string of the molecule is Cc1cccc2nc(Cn3ccc(=O)c([N+](=O)[O-])c3)cn12. The molecule has 7 heteroatoms. The summed E-state index contributed by atoms with van der Waals surface area (Å²) >= 11 is 0. The zero-order valence-electron chi connectivity index (χ0n) is 11.3. The first-order valence-electron chi connectivity index (χ1n) is 6.33. The van der Waals surface area contributed by atoms with E-state index in [9.17, 15) is 14.9 Å². The molecule has 3 aromatic rings. The van der Waals surface area contributed by atoms with Gasteiger partial charge in [-0.2, -0.15) is 0 Å². The Morgan fingerprint density at radius 1 is 1.29 bits per heavy atom. The molecule has 0 bridgehead atoms. The smallest absolute Gasteiger partial charge is 0.332 e. The molecule has 0 aliphatic carbocycles. The summed E-state index contributed by atoms with van der Waals surface area (Å²) in [4.78, 5) is 25.9. The van der Waals surface area contributed by atoms with Gasteiger partial charge in [-0.1, -0.05) is 6.07 Å². The van der Waals surface area contributed by atoms with E-state index in [1.54, 1.807) is 4.57 Å². The number of hydrogen-bond acceptors (Lipinski definition) is 4. The molecule has 0 fully saturated rings. The second-order valence-electron chi connectivity index (χ2n) is 4.75. The van der Waals surface area contributed by atoms with Crippen LogP contribution in [0.5, 0.6) is 0 Å². The Morgan fingerprint density at radius 2 is 2.10 bits per heavy atom. The summed E-state index contributed by atoms with van der Waals surface area (Å²) in [5.41, 5.74) is 1.61. The fourth-order valence-corrected chi connectivity index (χ4v) is 2.21. The lowest BCUT2D eigenvalue weighted by Crippen LogP contribution is -2.11. The molecule has 3 heterocycles. The summed E-state index contributed by atoms with van der Waals surface area (Å²) < 4.78 is 3.53. The van der Waals surface area contributed by atoms with Crippen LogP contribution in [0.25, 0.3) is 5.65 Å². The fourth-order valence-electron chi connectivity index (χ4n) is 2.21. The molecule has 21 heavy (non-hydrogen) atoms.